The summed E-state index contributed by atoms with van der Waals surface area (Å²) in [6, 6.07) is 12.0. The van der Waals surface area contributed by atoms with Crippen LogP contribution in [0.15, 0.2) is 54.9 Å². The molecule has 2 heterocycles. The van der Waals surface area contributed by atoms with Gasteiger partial charge in [-0.2, -0.15) is 0 Å². The molecule has 0 unspecified atom stereocenters. The first-order valence-electron chi connectivity index (χ1n) is 10.3. The van der Waals surface area contributed by atoms with Crippen molar-refractivity contribution in [3.63, 3.8) is 0 Å². The lowest BCUT2D eigenvalue weighted by molar-refractivity contribution is 0.0950. The van der Waals surface area contributed by atoms with Crippen LogP contribution in [0, 0.1) is 0 Å². The molecular weight excluding hydrogens is 430 g/mol. The van der Waals surface area contributed by atoms with Crippen LogP contribution in [0.2, 0.25) is 0 Å². The van der Waals surface area contributed by atoms with E-state index in [9.17, 15) is 13.2 Å². The third-order valence-corrected chi connectivity index (χ3v) is 6.64. The van der Waals surface area contributed by atoms with E-state index in [-0.39, 0.29) is 23.5 Å². The summed E-state index contributed by atoms with van der Waals surface area (Å²) < 4.78 is 32.0. The molecule has 0 saturated heterocycles. The Hall–Kier alpha value is -3.53. The van der Waals surface area contributed by atoms with Crippen molar-refractivity contribution in [2.24, 2.45) is 0 Å². The van der Waals surface area contributed by atoms with Crippen molar-refractivity contribution < 1.29 is 17.9 Å². The van der Waals surface area contributed by atoms with Gasteiger partial charge in [0, 0.05) is 11.1 Å². The van der Waals surface area contributed by atoms with E-state index in [4.69, 9.17) is 4.74 Å². The SMILES string of the molecule is CCOc1cncc(-c2ccc(C(=O)NCc3cccc(NS(=O)(=O)C4CC4)n3)cc2)n1. The fourth-order valence-corrected chi connectivity index (χ4v) is 4.34. The van der Waals surface area contributed by atoms with Crippen molar-refractivity contribution in [2.75, 3.05) is 11.3 Å². The van der Waals surface area contributed by atoms with Gasteiger partial charge in [0.1, 0.15) is 5.82 Å². The van der Waals surface area contributed by atoms with Crippen LogP contribution >= 0.6 is 0 Å². The van der Waals surface area contributed by atoms with Crippen molar-refractivity contribution >= 4 is 21.7 Å². The van der Waals surface area contributed by atoms with Crippen LogP contribution in [0.5, 0.6) is 5.88 Å². The smallest absolute Gasteiger partial charge is 0.251 e. The van der Waals surface area contributed by atoms with Gasteiger partial charge in [0.05, 0.1) is 42.2 Å². The second-order valence-electron chi connectivity index (χ2n) is 7.30. The highest BCUT2D eigenvalue weighted by molar-refractivity contribution is 7.93. The first-order chi connectivity index (χ1) is 15.4. The number of anilines is 1. The summed E-state index contributed by atoms with van der Waals surface area (Å²) in [4.78, 5) is 25.3. The molecule has 0 atom stereocenters. The van der Waals surface area contributed by atoms with E-state index in [1.807, 2.05) is 6.92 Å². The predicted octanol–water partition coefficient (Wildman–Crippen LogP) is 2.77. The average Bonchev–Trinajstić information content (AvgIpc) is 3.64. The topological polar surface area (TPSA) is 123 Å². The summed E-state index contributed by atoms with van der Waals surface area (Å²) >= 11 is 0. The lowest BCUT2D eigenvalue weighted by atomic mass is 10.1. The van der Waals surface area contributed by atoms with Gasteiger partial charge in [-0.3, -0.25) is 14.5 Å². The Morgan fingerprint density at radius 1 is 1.09 bits per heavy atom. The summed E-state index contributed by atoms with van der Waals surface area (Å²) in [7, 11) is -3.38. The van der Waals surface area contributed by atoms with Crippen LogP contribution in [0.4, 0.5) is 5.82 Å². The molecule has 3 aromatic rings. The maximum absolute atomic E-state index is 12.5. The van der Waals surface area contributed by atoms with Crippen molar-refractivity contribution in [2.45, 2.75) is 31.6 Å². The molecule has 9 nitrogen and oxygen atoms in total. The number of benzene rings is 1. The first-order valence-corrected chi connectivity index (χ1v) is 11.8. The van der Waals surface area contributed by atoms with Crippen LogP contribution in [0.25, 0.3) is 11.3 Å². The van der Waals surface area contributed by atoms with E-state index in [1.165, 1.54) is 0 Å². The van der Waals surface area contributed by atoms with Gasteiger partial charge in [0.15, 0.2) is 0 Å². The van der Waals surface area contributed by atoms with E-state index in [0.717, 1.165) is 5.56 Å². The minimum absolute atomic E-state index is 0.168. The number of ether oxygens (including phenoxy) is 1. The number of nitrogens with one attached hydrogen (secondary N) is 2. The fraction of sp³-hybridized carbons (Fsp3) is 0.273. The van der Waals surface area contributed by atoms with Gasteiger partial charge in [0.2, 0.25) is 15.9 Å². The number of carbonyl (C=O) groups excluding carboxylic acids is 1. The molecule has 2 aromatic heterocycles. The maximum atomic E-state index is 12.5. The zero-order valence-electron chi connectivity index (χ0n) is 17.5. The van der Waals surface area contributed by atoms with Crippen molar-refractivity contribution in [1.29, 1.82) is 0 Å². The summed E-state index contributed by atoms with van der Waals surface area (Å²) in [5, 5.41) is 2.47. The highest BCUT2D eigenvalue weighted by atomic mass is 32.2. The number of nitrogens with zero attached hydrogens (tertiary/aromatic N) is 3. The van der Waals surface area contributed by atoms with Crippen LogP contribution < -0.4 is 14.8 Å². The fourth-order valence-electron chi connectivity index (χ4n) is 3.01. The molecule has 0 bridgehead atoms. The lowest BCUT2D eigenvalue weighted by Gasteiger charge is -2.09. The molecule has 0 radical (unpaired) electrons. The first kappa shape index (κ1) is 21.7. The van der Waals surface area contributed by atoms with E-state index in [1.54, 1.807) is 54.9 Å². The molecule has 0 spiro atoms. The number of sulfonamides is 1. The third-order valence-electron chi connectivity index (χ3n) is 4.79. The van der Waals surface area contributed by atoms with Gasteiger partial charge in [-0.05, 0) is 44.0 Å². The van der Waals surface area contributed by atoms with Crippen LogP contribution in [0.3, 0.4) is 0 Å². The molecule has 166 valence electrons. The number of pyridine rings is 1. The number of amides is 1. The molecule has 1 aliphatic carbocycles. The Morgan fingerprint density at radius 3 is 2.59 bits per heavy atom. The molecule has 32 heavy (non-hydrogen) atoms. The van der Waals surface area contributed by atoms with E-state index >= 15 is 0 Å². The molecule has 1 amide bonds. The third kappa shape index (κ3) is 5.38. The number of aromatic nitrogens is 3. The van der Waals surface area contributed by atoms with Gasteiger partial charge in [-0.1, -0.05) is 18.2 Å². The monoisotopic (exact) mass is 453 g/mol. The maximum Gasteiger partial charge on any atom is 0.251 e. The second-order valence-corrected chi connectivity index (χ2v) is 9.26. The molecule has 1 fully saturated rings. The highest BCUT2D eigenvalue weighted by Crippen LogP contribution is 2.29. The summed E-state index contributed by atoms with van der Waals surface area (Å²) in [5.74, 6) is 0.431. The summed E-state index contributed by atoms with van der Waals surface area (Å²) in [5.41, 5.74) is 2.49. The average molecular weight is 454 g/mol. The molecule has 1 aliphatic rings. The van der Waals surface area contributed by atoms with E-state index < -0.39 is 10.0 Å². The molecule has 1 saturated carbocycles. The molecule has 4 rings (SSSR count). The predicted molar refractivity (Wildman–Crippen MR) is 120 cm³/mol. The standard InChI is InChI=1S/C22H23N5O4S/c1-2-31-21-14-23-13-19(26-21)15-6-8-16(9-7-15)22(28)24-12-17-4-3-5-20(25-17)27-32(29,30)18-10-11-18/h3-9,13-14,18H,2,10-12H2,1H3,(H,24,28)(H,25,27). The Labute approximate surface area is 186 Å². The highest BCUT2D eigenvalue weighted by Gasteiger charge is 2.35. The Bertz CT molecular complexity index is 1210. The summed E-state index contributed by atoms with van der Waals surface area (Å²) in [6.45, 7) is 2.54. The van der Waals surface area contributed by atoms with E-state index in [2.05, 4.69) is 25.0 Å². The van der Waals surface area contributed by atoms with Gasteiger partial charge >= 0.3 is 0 Å². The van der Waals surface area contributed by atoms with Crippen molar-refractivity contribution in [1.82, 2.24) is 20.3 Å². The van der Waals surface area contributed by atoms with Gasteiger partial charge in [-0.15, -0.1) is 0 Å². The van der Waals surface area contributed by atoms with Crippen LogP contribution in [-0.2, 0) is 16.6 Å². The van der Waals surface area contributed by atoms with Gasteiger partial charge in [-0.25, -0.2) is 18.4 Å². The van der Waals surface area contributed by atoms with Crippen molar-refractivity contribution in [3.8, 4) is 17.1 Å². The molecule has 10 heteroatoms. The minimum Gasteiger partial charge on any atom is -0.477 e. The number of hydrogen-bond acceptors (Lipinski definition) is 7. The zero-order valence-corrected chi connectivity index (χ0v) is 18.3. The Balaban J connectivity index is 1.37. The largest absolute Gasteiger partial charge is 0.477 e. The molecule has 2 N–H and O–H groups in total. The molecule has 1 aromatic carbocycles. The van der Waals surface area contributed by atoms with Gasteiger partial charge in [0.25, 0.3) is 5.91 Å². The zero-order chi connectivity index (χ0) is 22.6. The quantitative estimate of drug-likeness (QED) is 0.511. The second kappa shape index (κ2) is 9.31. The van der Waals surface area contributed by atoms with Crippen LogP contribution in [0.1, 0.15) is 35.8 Å². The Kier molecular flexibility index (Phi) is 6.31. The lowest BCUT2D eigenvalue weighted by Crippen LogP contribution is -2.24. The number of carbonyl (C=O) groups is 1. The number of hydrogen-bond donors (Lipinski definition) is 2. The Morgan fingerprint density at radius 2 is 1.88 bits per heavy atom. The molecular formula is C22H23N5O4S. The van der Waals surface area contributed by atoms with E-state index in [0.29, 0.717) is 42.3 Å². The summed E-state index contributed by atoms with van der Waals surface area (Å²) in [6.07, 6.45) is 4.53. The van der Waals surface area contributed by atoms with Crippen molar-refractivity contribution in [3.05, 3.63) is 66.1 Å². The molecule has 0 aliphatic heterocycles. The number of rotatable bonds is 9. The minimum atomic E-state index is -3.38. The normalized spacial score (nSPS) is 13.4. The van der Waals surface area contributed by atoms with Gasteiger partial charge < -0.3 is 10.1 Å². The van der Waals surface area contributed by atoms with Crippen LogP contribution in [-0.4, -0.2) is 41.1 Å².